The van der Waals surface area contributed by atoms with Crippen LogP contribution in [0.3, 0.4) is 0 Å². The first kappa shape index (κ1) is 23.1. The fourth-order valence-corrected chi connectivity index (χ4v) is 5.11. The predicted octanol–water partition coefficient (Wildman–Crippen LogP) is 5.98. The number of nitro benzene ring substituents is 1. The highest BCUT2D eigenvalue weighted by atomic mass is 35.5. The normalized spacial score (nSPS) is 13.8. The number of aryl methyl sites for hydroxylation is 1. The van der Waals surface area contributed by atoms with Crippen molar-refractivity contribution in [2.24, 2.45) is 0 Å². The number of amides is 1. The van der Waals surface area contributed by atoms with Crippen LogP contribution in [-0.4, -0.2) is 41.9 Å². The van der Waals surface area contributed by atoms with Gasteiger partial charge in [-0.15, -0.1) is 0 Å². The number of piperazine rings is 1. The van der Waals surface area contributed by atoms with Crippen LogP contribution in [0.15, 0.2) is 70.5 Å². The zero-order valence-electron chi connectivity index (χ0n) is 18.5. The second-order valence-electron chi connectivity index (χ2n) is 7.97. The molecule has 0 unspecified atom stereocenters. The third-order valence-electron chi connectivity index (χ3n) is 5.94. The van der Waals surface area contributed by atoms with Crippen LogP contribution in [0.4, 0.5) is 11.4 Å². The van der Waals surface area contributed by atoms with Gasteiger partial charge in [0.05, 0.1) is 14.8 Å². The Morgan fingerprint density at radius 1 is 0.970 bits per heavy atom. The molecule has 0 bridgehead atoms. The Balaban J connectivity index is 1.49. The third-order valence-corrected chi connectivity index (χ3v) is 7.53. The summed E-state index contributed by atoms with van der Waals surface area (Å²) in [5.41, 5.74) is 3.91. The first-order chi connectivity index (χ1) is 15.8. The van der Waals surface area contributed by atoms with Gasteiger partial charge in [-0.05, 0) is 55.3 Å². The number of rotatable bonds is 5. The summed E-state index contributed by atoms with van der Waals surface area (Å²) in [4.78, 5) is 29.6. The molecule has 33 heavy (non-hydrogen) atoms. The van der Waals surface area contributed by atoms with Gasteiger partial charge in [0.1, 0.15) is 0 Å². The fourth-order valence-electron chi connectivity index (χ4n) is 3.94. The summed E-state index contributed by atoms with van der Waals surface area (Å²) >= 11 is 7.43. The molecule has 170 valence electrons. The van der Waals surface area contributed by atoms with Crippen molar-refractivity contribution in [1.29, 1.82) is 0 Å². The van der Waals surface area contributed by atoms with E-state index in [9.17, 15) is 14.9 Å². The van der Waals surface area contributed by atoms with Crippen molar-refractivity contribution in [3.05, 3.63) is 92.5 Å². The number of carbonyl (C=O) groups excluding carboxylic acids is 1. The number of halogens is 1. The van der Waals surface area contributed by atoms with Gasteiger partial charge in [0.25, 0.3) is 11.6 Å². The molecule has 0 spiro atoms. The molecular weight excluding hydrogens is 458 g/mol. The smallest absolute Gasteiger partial charge is 0.284 e. The van der Waals surface area contributed by atoms with Crippen LogP contribution in [0.1, 0.15) is 21.5 Å². The first-order valence-electron chi connectivity index (χ1n) is 10.7. The van der Waals surface area contributed by atoms with Crippen molar-refractivity contribution >= 4 is 40.6 Å². The Morgan fingerprint density at radius 2 is 1.70 bits per heavy atom. The van der Waals surface area contributed by atoms with E-state index in [1.165, 1.54) is 34.6 Å². The molecule has 0 atom stereocenters. The van der Waals surface area contributed by atoms with Gasteiger partial charge in [-0.2, -0.15) is 0 Å². The van der Waals surface area contributed by atoms with E-state index in [2.05, 4.69) is 36.9 Å². The van der Waals surface area contributed by atoms with E-state index in [4.69, 9.17) is 11.6 Å². The summed E-state index contributed by atoms with van der Waals surface area (Å²) in [6.45, 7) is 6.78. The average molecular weight is 482 g/mol. The van der Waals surface area contributed by atoms with E-state index in [1.54, 1.807) is 23.1 Å². The molecule has 3 aromatic rings. The Kier molecular flexibility index (Phi) is 6.91. The molecule has 1 heterocycles. The summed E-state index contributed by atoms with van der Waals surface area (Å²) in [5, 5.41) is 12.3. The van der Waals surface area contributed by atoms with Crippen LogP contribution in [-0.2, 0) is 0 Å². The number of benzene rings is 3. The Bertz CT molecular complexity index is 1210. The molecule has 3 aromatic carbocycles. The summed E-state index contributed by atoms with van der Waals surface area (Å²) in [6.07, 6.45) is 0. The molecule has 0 aliphatic carbocycles. The van der Waals surface area contributed by atoms with Gasteiger partial charge in [-0.3, -0.25) is 14.9 Å². The van der Waals surface area contributed by atoms with Gasteiger partial charge in [-0.1, -0.05) is 47.6 Å². The van der Waals surface area contributed by atoms with E-state index in [0.717, 1.165) is 18.0 Å². The van der Waals surface area contributed by atoms with Gasteiger partial charge < -0.3 is 9.80 Å². The van der Waals surface area contributed by atoms with Gasteiger partial charge in [0, 0.05) is 48.4 Å². The molecule has 1 aliphatic heterocycles. The van der Waals surface area contributed by atoms with E-state index >= 15 is 0 Å². The summed E-state index contributed by atoms with van der Waals surface area (Å²) in [7, 11) is 0. The largest absolute Gasteiger partial charge is 0.368 e. The fraction of sp³-hybridized carbons (Fsp3) is 0.240. The van der Waals surface area contributed by atoms with E-state index in [0.29, 0.717) is 28.6 Å². The van der Waals surface area contributed by atoms with Crippen molar-refractivity contribution in [1.82, 2.24) is 4.90 Å². The van der Waals surface area contributed by atoms with E-state index < -0.39 is 4.92 Å². The molecule has 1 aliphatic rings. The van der Waals surface area contributed by atoms with Crippen molar-refractivity contribution in [2.45, 2.75) is 23.6 Å². The monoisotopic (exact) mass is 481 g/mol. The maximum Gasteiger partial charge on any atom is 0.284 e. The maximum atomic E-state index is 13.1. The standard InChI is InChI=1S/C25H24ClN3O3S/c1-17-6-5-8-21(18(17)2)27-12-14-28(15-13-27)25(30)19-10-11-24(22(16-19)29(31)32)33-23-9-4-3-7-20(23)26/h3-11,16H,12-15H2,1-2H3. The maximum absolute atomic E-state index is 13.1. The molecule has 0 aromatic heterocycles. The van der Waals surface area contributed by atoms with Crippen LogP contribution < -0.4 is 4.90 Å². The Hall–Kier alpha value is -3.03. The highest BCUT2D eigenvalue weighted by Crippen LogP contribution is 2.38. The van der Waals surface area contributed by atoms with E-state index in [1.807, 2.05) is 18.2 Å². The molecule has 1 amide bonds. The quantitative estimate of drug-likeness (QED) is 0.331. The number of hydrogen-bond acceptors (Lipinski definition) is 5. The Morgan fingerprint density at radius 3 is 2.39 bits per heavy atom. The number of anilines is 1. The second-order valence-corrected chi connectivity index (χ2v) is 9.46. The molecule has 6 nitrogen and oxygen atoms in total. The average Bonchev–Trinajstić information content (AvgIpc) is 2.82. The topological polar surface area (TPSA) is 66.7 Å². The van der Waals surface area contributed by atoms with Gasteiger partial charge in [0.2, 0.25) is 0 Å². The number of nitro groups is 1. The van der Waals surface area contributed by atoms with Crippen molar-refractivity contribution in [2.75, 3.05) is 31.1 Å². The number of carbonyl (C=O) groups is 1. The van der Waals surface area contributed by atoms with Gasteiger partial charge >= 0.3 is 0 Å². The van der Waals surface area contributed by atoms with Crippen LogP contribution in [0, 0.1) is 24.0 Å². The van der Waals surface area contributed by atoms with Crippen molar-refractivity contribution in [3.63, 3.8) is 0 Å². The SMILES string of the molecule is Cc1cccc(N2CCN(C(=O)c3ccc(Sc4ccccc4Cl)c([N+](=O)[O-])c3)CC2)c1C. The third kappa shape index (κ3) is 4.99. The first-order valence-corrected chi connectivity index (χ1v) is 11.9. The summed E-state index contributed by atoms with van der Waals surface area (Å²) in [6, 6.07) is 18.1. The zero-order valence-corrected chi connectivity index (χ0v) is 20.0. The molecule has 0 N–H and O–H groups in total. The van der Waals surface area contributed by atoms with Crippen molar-refractivity contribution in [3.8, 4) is 0 Å². The molecule has 1 fully saturated rings. The summed E-state index contributed by atoms with van der Waals surface area (Å²) < 4.78 is 0. The lowest BCUT2D eigenvalue weighted by Gasteiger charge is -2.37. The minimum Gasteiger partial charge on any atom is -0.368 e. The van der Waals surface area contributed by atoms with Gasteiger partial charge in [0.15, 0.2) is 0 Å². The van der Waals surface area contributed by atoms with Crippen LogP contribution in [0.2, 0.25) is 5.02 Å². The summed E-state index contributed by atoms with van der Waals surface area (Å²) in [5.74, 6) is -0.187. The second kappa shape index (κ2) is 9.85. The highest BCUT2D eigenvalue weighted by Gasteiger charge is 2.26. The molecule has 0 saturated carbocycles. The zero-order chi connectivity index (χ0) is 23.5. The molecule has 0 radical (unpaired) electrons. The van der Waals surface area contributed by atoms with E-state index in [-0.39, 0.29) is 11.6 Å². The predicted molar refractivity (Wildman–Crippen MR) is 133 cm³/mol. The van der Waals surface area contributed by atoms with Crippen LogP contribution in [0.25, 0.3) is 0 Å². The number of hydrogen-bond donors (Lipinski definition) is 0. The highest BCUT2D eigenvalue weighted by molar-refractivity contribution is 7.99. The molecule has 1 saturated heterocycles. The van der Waals surface area contributed by atoms with Crippen molar-refractivity contribution < 1.29 is 9.72 Å². The molecule has 4 rings (SSSR count). The lowest BCUT2D eigenvalue weighted by molar-refractivity contribution is -0.387. The van der Waals surface area contributed by atoms with Gasteiger partial charge in [-0.25, -0.2) is 0 Å². The number of nitrogens with zero attached hydrogens (tertiary/aromatic N) is 3. The van der Waals surface area contributed by atoms with Crippen LogP contribution >= 0.6 is 23.4 Å². The lowest BCUT2D eigenvalue weighted by Crippen LogP contribution is -2.49. The minimum absolute atomic E-state index is 0.0974. The molecule has 8 heteroatoms. The minimum atomic E-state index is -0.450. The lowest BCUT2D eigenvalue weighted by atomic mass is 10.1. The Labute approximate surface area is 202 Å². The van der Waals surface area contributed by atoms with Crippen LogP contribution in [0.5, 0.6) is 0 Å². The molecular formula is C25H24ClN3O3S.